The number of nitrogens with zero attached hydrogens (tertiary/aromatic N) is 1. The van der Waals surface area contributed by atoms with Gasteiger partial charge in [0.05, 0.1) is 12.6 Å². The first kappa shape index (κ1) is 18.5. The maximum Gasteiger partial charge on any atom is 0.239 e. The van der Waals surface area contributed by atoms with Gasteiger partial charge in [-0.15, -0.1) is 0 Å². The average Bonchev–Trinajstić information content (AvgIpc) is 2.61. The van der Waals surface area contributed by atoms with Gasteiger partial charge in [0.2, 0.25) is 11.8 Å². The van der Waals surface area contributed by atoms with Crippen molar-refractivity contribution in [3.8, 4) is 0 Å². The first-order chi connectivity index (χ1) is 11.6. The molecule has 0 bridgehead atoms. The molecule has 1 saturated carbocycles. The summed E-state index contributed by atoms with van der Waals surface area (Å²) in [5.74, 6) is -0.0237. The maximum atomic E-state index is 12.1. The molecule has 0 aliphatic heterocycles. The Morgan fingerprint density at radius 1 is 1.08 bits per heavy atom. The summed E-state index contributed by atoms with van der Waals surface area (Å²) in [6.45, 7) is 0.583. The minimum Gasteiger partial charge on any atom is -0.353 e. The minimum atomic E-state index is -0.137. The molecule has 132 valence electrons. The Morgan fingerprint density at radius 2 is 1.75 bits per heavy atom. The molecule has 1 aromatic carbocycles. The Bertz CT molecular complexity index is 525. The highest BCUT2D eigenvalue weighted by Crippen LogP contribution is 2.23. The number of hydrogen-bond donors (Lipinski definition) is 2. The van der Waals surface area contributed by atoms with E-state index < -0.39 is 0 Å². The van der Waals surface area contributed by atoms with Crippen LogP contribution in [0.1, 0.15) is 43.7 Å². The van der Waals surface area contributed by atoms with Crippen LogP contribution in [0.3, 0.4) is 0 Å². The fraction of sp³-hybridized carbons (Fsp3) is 0.579. The van der Waals surface area contributed by atoms with Gasteiger partial charge in [-0.1, -0.05) is 49.6 Å². The zero-order valence-corrected chi connectivity index (χ0v) is 14.8. The molecule has 2 rings (SSSR count). The second-order valence-corrected chi connectivity index (χ2v) is 6.75. The van der Waals surface area contributed by atoms with E-state index in [9.17, 15) is 9.59 Å². The van der Waals surface area contributed by atoms with E-state index in [1.807, 2.05) is 32.3 Å². The van der Waals surface area contributed by atoms with Crippen molar-refractivity contribution in [3.63, 3.8) is 0 Å². The quantitative estimate of drug-likeness (QED) is 0.804. The molecule has 1 aliphatic rings. The molecule has 5 heteroatoms. The highest BCUT2D eigenvalue weighted by molar-refractivity contribution is 5.85. The van der Waals surface area contributed by atoms with Gasteiger partial charge in [-0.3, -0.25) is 9.59 Å². The van der Waals surface area contributed by atoms with E-state index in [-0.39, 0.29) is 30.3 Å². The number of benzene rings is 1. The monoisotopic (exact) mass is 331 g/mol. The summed E-state index contributed by atoms with van der Waals surface area (Å²) in [6, 6.07) is 10.2. The third kappa shape index (κ3) is 5.64. The maximum absolute atomic E-state index is 12.1. The third-order valence-corrected chi connectivity index (χ3v) is 4.70. The van der Waals surface area contributed by atoms with Gasteiger partial charge in [-0.05, 0) is 32.5 Å². The van der Waals surface area contributed by atoms with E-state index in [1.165, 1.54) is 6.42 Å². The molecule has 1 fully saturated rings. The van der Waals surface area contributed by atoms with Gasteiger partial charge in [0.25, 0.3) is 0 Å². The predicted molar refractivity (Wildman–Crippen MR) is 95.5 cm³/mol. The molecule has 1 aromatic rings. The fourth-order valence-electron chi connectivity index (χ4n) is 3.22. The first-order valence-electron chi connectivity index (χ1n) is 8.83. The Balaban J connectivity index is 1.76. The highest BCUT2D eigenvalue weighted by Gasteiger charge is 2.21. The van der Waals surface area contributed by atoms with Crippen LogP contribution in [0.25, 0.3) is 0 Å². The lowest BCUT2D eigenvalue weighted by molar-refractivity contribution is -0.129. The number of rotatable bonds is 7. The predicted octanol–water partition coefficient (Wildman–Crippen LogP) is 2.10. The van der Waals surface area contributed by atoms with Gasteiger partial charge in [0.1, 0.15) is 0 Å². The summed E-state index contributed by atoms with van der Waals surface area (Å²) in [6.07, 6.45) is 5.35. The minimum absolute atomic E-state index is 0.0251. The van der Waals surface area contributed by atoms with E-state index in [0.29, 0.717) is 6.54 Å². The van der Waals surface area contributed by atoms with Crippen LogP contribution >= 0.6 is 0 Å². The molecule has 0 spiro atoms. The third-order valence-electron chi connectivity index (χ3n) is 4.70. The molecule has 5 nitrogen and oxygen atoms in total. The van der Waals surface area contributed by atoms with Crippen LogP contribution in [-0.4, -0.2) is 43.9 Å². The average molecular weight is 331 g/mol. The lowest BCUT2D eigenvalue weighted by Crippen LogP contribution is -2.42. The van der Waals surface area contributed by atoms with Crippen LogP contribution in [0.2, 0.25) is 0 Å². The lowest BCUT2D eigenvalue weighted by atomic mass is 9.89. The van der Waals surface area contributed by atoms with Crippen LogP contribution in [0, 0.1) is 5.92 Å². The highest BCUT2D eigenvalue weighted by atomic mass is 16.2. The van der Waals surface area contributed by atoms with Crippen molar-refractivity contribution in [3.05, 3.63) is 35.9 Å². The van der Waals surface area contributed by atoms with E-state index >= 15 is 0 Å². The molecule has 24 heavy (non-hydrogen) atoms. The van der Waals surface area contributed by atoms with Gasteiger partial charge in [0.15, 0.2) is 0 Å². The summed E-state index contributed by atoms with van der Waals surface area (Å²) in [5.41, 5.74) is 1.16. The largest absolute Gasteiger partial charge is 0.353 e. The number of amides is 2. The van der Waals surface area contributed by atoms with Crippen LogP contribution in [0.5, 0.6) is 0 Å². The molecular formula is C19H29N3O2. The number of carbonyl (C=O) groups excluding carboxylic acids is 2. The van der Waals surface area contributed by atoms with Crippen molar-refractivity contribution in [1.82, 2.24) is 15.5 Å². The molecular weight excluding hydrogens is 302 g/mol. The van der Waals surface area contributed by atoms with Gasteiger partial charge in [-0.25, -0.2) is 0 Å². The number of carbonyl (C=O) groups is 2. The van der Waals surface area contributed by atoms with Gasteiger partial charge < -0.3 is 15.5 Å². The molecule has 2 N–H and O–H groups in total. The van der Waals surface area contributed by atoms with Crippen molar-refractivity contribution in [1.29, 1.82) is 0 Å². The Hall–Kier alpha value is -1.88. The van der Waals surface area contributed by atoms with Gasteiger partial charge in [-0.2, -0.15) is 0 Å². The van der Waals surface area contributed by atoms with Crippen molar-refractivity contribution < 1.29 is 9.59 Å². The van der Waals surface area contributed by atoms with E-state index in [2.05, 4.69) is 27.7 Å². The van der Waals surface area contributed by atoms with Gasteiger partial charge in [0, 0.05) is 12.5 Å². The normalized spacial score (nSPS) is 16.6. The fourth-order valence-corrected chi connectivity index (χ4v) is 3.22. The van der Waals surface area contributed by atoms with Crippen LogP contribution in [0.4, 0.5) is 0 Å². The van der Waals surface area contributed by atoms with Gasteiger partial charge >= 0.3 is 0 Å². The first-order valence-corrected chi connectivity index (χ1v) is 8.83. The zero-order chi connectivity index (χ0) is 17.4. The Kier molecular flexibility index (Phi) is 7.25. The second kappa shape index (κ2) is 9.42. The van der Waals surface area contributed by atoms with E-state index in [1.54, 1.807) is 0 Å². The topological polar surface area (TPSA) is 61.4 Å². The van der Waals surface area contributed by atoms with Crippen molar-refractivity contribution in [2.24, 2.45) is 5.92 Å². The SMILES string of the molecule is CN(C)[C@H](CNC(=O)CNC(=O)C1CCCCC1)c1ccccc1. The number of hydrogen-bond acceptors (Lipinski definition) is 3. The molecule has 1 aliphatic carbocycles. The molecule has 0 saturated heterocycles. The standard InChI is InChI=1S/C19H29N3O2/c1-22(2)17(15-9-5-3-6-10-15)13-20-18(23)14-21-19(24)16-11-7-4-8-12-16/h3,5-6,9-10,16-17H,4,7-8,11-14H2,1-2H3,(H,20,23)(H,21,24)/t17-/m1/s1. The molecule has 0 heterocycles. The van der Waals surface area contributed by atoms with E-state index in [0.717, 1.165) is 31.2 Å². The number of nitrogens with one attached hydrogen (secondary N) is 2. The van der Waals surface area contributed by atoms with Crippen molar-refractivity contribution >= 4 is 11.8 Å². The van der Waals surface area contributed by atoms with Crippen LogP contribution in [-0.2, 0) is 9.59 Å². The van der Waals surface area contributed by atoms with Crippen molar-refractivity contribution in [2.45, 2.75) is 38.1 Å². The summed E-state index contributed by atoms with van der Waals surface area (Å²) in [7, 11) is 3.99. The molecule has 1 atom stereocenters. The number of likely N-dealkylation sites (N-methyl/N-ethyl adjacent to an activating group) is 1. The van der Waals surface area contributed by atoms with Crippen LogP contribution < -0.4 is 10.6 Å². The Labute approximate surface area is 144 Å². The van der Waals surface area contributed by atoms with Crippen LogP contribution in [0.15, 0.2) is 30.3 Å². The summed E-state index contributed by atoms with van der Waals surface area (Å²) in [5, 5.41) is 5.71. The molecule has 0 aromatic heterocycles. The van der Waals surface area contributed by atoms with Crippen molar-refractivity contribution in [2.75, 3.05) is 27.2 Å². The summed E-state index contributed by atoms with van der Waals surface area (Å²) < 4.78 is 0. The summed E-state index contributed by atoms with van der Waals surface area (Å²) >= 11 is 0. The molecule has 0 unspecified atom stereocenters. The zero-order valence-electron chi connectivity index (χ0n) is 14.8. The molecule has 2 amide bonds. The smallest absolute Gasteiger partial charge is 0.239 e. The lowest BCUT2D eigenvalue weighted by Gasteiger charge is -2.25. The van der Waals surface area contributed by atoms with E-state index in [4.69, 9.17) is 0 Å². The second-order valence-electron chi connectivity index (χ2n) is 6.75. The Morgan fingerprint density at radius 3 is 2.38 bits per heavy atom. The molecule has 0 radical (unpaired) electrons. The summed E-state index contributed by atoms with van der Waals surface area (Å²) in [4.78, 5) is 26.2.